The lowest BCUT2D eigenvalue weighted by atomic mass is 9.98. The fraction of sp³-hybridized carbons (Fsp3) is 0.400. The summed E-state index contributed by atoms with van der Waals surface area (Å²) in [6, 6.07) is 7.38. The lowest BCUT2D eigenvalue weighted by molar-refractivity contribution is -0.129. The smallest absolute Gasteiger partial charge is 0.408 e. The number of carbonyl (C=O) groups excluding carboxylic acids is 3. The molecule has 0 radical (unpaired) electrons. The second kappa shape index (κ2) is 10.8. The predicted octanol–water partition coefficient (Wildman–Crippen LogP) is 1.26. The van der Waals surface area contributed by atoms with Crippen molar-refractivity contribution in [3.63, 3.8) is 0 Å². The molecule has 29 heavy (non-hydrogen) atoms. The molecule has 1 heterocycles. The molecular formula is C20H27N5O4. The first kappa shape index (κ1) is 21.9. The number of amides is 3. The van der Waals surface area contributed by atoms with Crippen molar-refractivity contribution in [3.8, 4) is 0 Å². The number of carbonyl (C=O) groups is 3. The minimum atomic E-state index is -0.968. The van der Waals surface area contributed by atoms with E-state index in [0.717, 1.165) is 5.56 Å². The summed E-state index contributed by atoms with van der Waals surface area (Å²) < 4.78 is 5.20. The highest BCUT2D eigenvalue weighted by molar-refractivity contribution is 5.91. The summed E-state index contributed by atoms with van der Waals surface area (Å²) in [4.78, 5) is 43.6. The molecule has 9 heteroatoms. The molecular weight excluding hydrogens is 374 g/mol. The highest BCUT2D eigenvalue weighted by Crippen LogP contribution is 2.09. The number of nitrogens with one attached hydrogen (secondary N) is 3. The van der Waals surface area contributed by atoms with Gasteiger partial charge in [-0.2, -0.15) is 0 Å². The van der Waals surface area contributed by atoms with Crippen LogP contribution in [0.2, 0.25) is 0 Å². The van der Waals surface area contributed by atoms with Crippen molar-refractivity contribution in [2.24, 2.45) is 11.7 Å². The maximum atomic E-state index is 12.8. The Hall–Kier alpha value is -3.36. The molecule has 3 amide bonds. The molecule has 156 valence electrons. The molecule has 0 aliphatic heterocycles. The van der Waals surface area contributed by atoms with Gasteiger partial charge in [0.1, 0.15) is 18.7 Å². The number of ether oxygens (including phenoxy) is 1. The minimum Gasteiger partial charge on any atom is -0.445 e. The number of benzene rings is 1. The second-order valence-corrected chi connectivity index (χ2v) is 6.81. The van der Waals surface area contributed by atoms with Crippen LogP contribution in [0.4, 0.5) is 4.79 Å². The normalized spacial score (nSPS) is 13.7. The van der Waals surface area contributed by atoms with E-state index in [4.69, 9.17) is 10.5 Å². The Balaban J connectivity index is 2.04. The van der Waals surface area contributed by atoms with Gasteiger partial charge in [-0.3, -0.25) is 9.59 Å². The van der Waals surface area contributed by atoms with Gasteiger partial charge in [0.25, 0.3) is 0 Å². The number of nitrogens with zero attached hydrogens (tertiary/aromatic N) is 1. The highest BCUT2D eigenvalue weighted by Gasteiger charge is 2.29. The number of hydrogen-bond acceptors (Lipinski definition) is 5. The molecule has 2 aromatic rings. The molecule has 0 aliphatic carbocycles. The maximum Gasteiger partial charge on any atom is 0.408 e. The minimum absolute atomic E-state index is 0.0713. The summed E-state index contributed by atoms with van der Waals surface area (Å²) in [5.74, 6) is -1.30. The molecule has 3 atom stereocenters. The van der Waals surface area contributed by atoms with Gasteiger partial charge in [-0.05, 0) is 11.5 Å². The number of primary amides is 1. The third kappa shape index (κ3) is 6.95. The first-order valence-electron chi connectivity index (χ1n) is 9.44. The van der Waals surface area contributed by atoms with Crippen molar-refractivity contribution in [3.05, 3.63) is 54.1 Å². The van der Waals surface area contributed by atoms with Crippen molar-refractivity contribution in [2.45, 2.75) is 45.4 Å². The van der Waals surface area contributed by atoms with Crippen LogP contribution in [0.5, 0.6) is 0 Å². The average Bonchev–Trinajstić information content (AvgIpc) is 3.23. The lowest BCUT2D eigenvalue weighted by Gasteiger charge is -2.24. The third-order valence-electron chi connectivity index (χ3n) is 4.62. The SMILES string of the molecule is CC[C@H](C)[C@H](NC(=O)[C@H](Cc1cnc[nH]1)NC(=O)OCc1ccccc1)C(N)=O. The molecule has 2 rings (SSSR count). The Morgan fingerprint density at radius 3 is 2.52 bits per heavy atom. The molecule has 5 N–H and O–H groups in total. The molecule has 1 aromatic carbocycles. The number of aromatic nitrogens is 2. The Morgan fingerprint density at radius 1 is 1.21 bits per heavy atom. The number of H-pyrrole nitrogens is 1. The number of alkyl carbamates (subject to hydrolysis) is 1. The highest BCUT2D eigenvalue weighted by atomic mass is 16.5. The van der Waals surface area contributed by atoms with Gasteiger partial charge in [-0.1, -0.05) is 50.6 Å². The van der Waals surface area contributed by atoms with Gasteiger partial charge in [-0.25, -0.2) is 9.78 Å². The van der Waals surface area contributed by atoms with E-state index in [1.807, 2.05) is 44.2 Å². The summed E-state index contributed by atoms with van der Waals surface area (Å²) >= 11 is 0. The van der Waals surface area contributed by atoms with E-state index >= 15 is 0 Å². The fourth-order valence-corrected chi connectivity index (χ4v) is 2.72. The zero-order valence-electron chi connectivity index (χ0n) is 16.6. The Bertz CT molecular complexity index is 794. The Morgan fingerprint density at radius 2 is 1.93 bits per heavy atom. The van der Waals surface area contributed by atoms with E-state index in [9.17, 15) is 14.4 Å². The molecule has 0 unspecified atom stereocenters. The fourth-order valence-electron chi connectivity index (χ4n) is 2.72. The quantitative estimate of drug-likeness (QED) is 0.475. The maximum absolute atomic E-state index is 12.8. The first-order valence-corrected chi connectivity index (χ1v) is 9.44. The van der Waals surface area contributed by atoms with Crippen LogP contribution in [0.25, 0.3) is 0 Å². The van der Waals surface area contributed by atoms with Crippen molar-refractivity contribution in [1.82, 2.24) is 20.6 Å². The summed E-state index contributed by atoms with van der Waals surface area (Å²) in [5, 5.41) is 5.19. The Labute approximate surface area is 169 Å². The van der Waals surface area contributed by atoms with Gasteiger partial charge < -0.3 is 26.1 Å². The van der Waals surface area contributed by atoms with Gasteiger partial charge in [0, 0.05) is 18.3 Å². The first-order chi connectivity index (χ1) is 13.9. The van der Waals surface area contributed by atoms with Crippen molar-refractivity contribution >= 4 is 17.9 Å². The number of rotatable bonds is 10. The van der Waals surface area contributed by atoms with E-state index in [2.05, 4.69) is 20.6 Å². The monoisotopic (exact) mass is 401 g/mol. The van der Waals surface area contributed by atoms with Crippen LogP contribution < -0.4 is 16.4 Å². The van der Waals surface area contributed by atoms with Crippen molar-refractivity contribution in [1.29, 1.82) is 0 Å². The van der Waals surface area contributed by atoms with E-state index in [1.165, 1.54) is 6.33 Å². The summed E-state index contributed by atoms with van der Waals surface area (Å²) in [7, 11) is 0. The standard InChI is InChI=1S/C20H27N5O4/c1-3-13(2)17(18(21)26)25-19(27)16(9-15-10-22-12-23-15)24-20(28)29-11-14-7-5-4-6-8-14/h4-8,10,12-13,16-17H,3,9,11H2,1-2H3,(H2,21,26)(H,22,23)(H,24,28)(H,25,27)/t13-,16-,17-/m0/s1. The topological polar surface area (TPSA) is 139 Å². The predicted molar refractivity (Wildman–Crippen MR) is 106 cm³/mol. The van der Waals surface area contributed by atoms with Crippen LogP contribution >= 0.6 is 0 Å². The lowest BCUT2D eigenvalue weighted by Crippen LogP contribution is -2.55. The van der Waals surface area contributed by atoms with Crippen LogP contribution in [0.15, 0.2) is 42.9 Å². The molecule has 0 spiro atoms. The number of aromatic amines is 1. The van der Waals surface area contributed by atoms with Crippen LogP contribution in [-0.2, 0) is 27.4 Å². The summed E-state index contributed by atoms with van der Waals surface area (Å²) in [5.41, 5.74) is 6.90. The molecule has 0 fully saturated rings. The van der Waals surface area contributed by atoms with E-state index < -0.39 is 30.0 Å². The van der Waals surface area contributed by atoms with E-state index in [-0.39, 0.29) is 18.9 Å². The van der Waals surface area contributed by atoms with Gasteiger partial charge in [-0.15, -0.1) is 0 Å². The zero-order valence-corrected chi connectivity index (χ0v) is 16.6. The van der Waals surface area contributed by atoms with E-state index in [1.54, 1.807) is 6.20 Å². The molecule has 1 aromatic heterocycles. The summed E-state index contributed by atoms with van der Waals surface area (Å²) in [6.07, 6.45) is 3.10. The molecule has 0 saturated carbocycles. The molecule has 9 nitrogen and oxygen atoms in total. The number of hydrogen-bond donors (Lipinski definition) is 4. The number of imidazole rings is 1. The Kier molecular flexibility index (Phi) is 8.20. The molecule has 0 aliphatic rings. The van der Waals surface area contributed by atoms with E-state index in [0.29, 0.717) is 12.1 Å². The van der Waals surface area contributed by atoms with Gasteiger partial charge in [0.2, 0.25) is 11.8 Å². The van der Waals surface area contributed by atoms with Gasteiger partial charge in [0.05, 0.1) is 6.33 Å². The zero-order chi connectivity index (χ0) is 21.2. The van der Waals surface area contributed by atoms with Crippen LogP contribution in [-0.4, -0.2) is 40.0 Å². The van der Waals surface area contributed by atoms with Gasteiger partial charge in [0.15, 0.2) is 0 Å². The third-order valence-corrected chi connectivity index (χ3v) is 4.62. The molecule has 0 saturated heterocycles. The van der Waals surface area contributed by atoms with Crippen molar-refractivity contribution < 1.29 is 19.1 Å². The van der Waals surface area contributed by atoms with Crippen LogP contribution in [0, 0.1) is 5.92 Å². The van der Waals surface area contributed by atoms with Crippen LogP contribution in [0.3, 0.4) is 0 Å². The van der Waals surface area contributed by atoms with Crippen molar-refractivity contribution in [2.75, 3.05) is 0 Å². The van der Waals surface area contributed by atoms with Crippen LogP contribution in [0.1, 0.15) is 31.5 Å². The average molecular weight is 401 g/mol. The molecule has 0 bridgehead atoms. The second-order valence-electron chi connectivity index (χ2n) is 6.81. The summed E-state index contributed by atoms with van der Waals surface area (Å²) in [6.45, 7) is 3.79. The largest absolute Gasteiger partial charge is 0.445 e. The van der Waals surface area contributed by atoms with Gasteiger partial charge >= 0.3 is 6.09 Å². The number of nitrogens with two attached hydrogens (primary N) is 1.